The first-order chi connectivity index (χ1) is 6.64. The number of amides is 2. The Morgan fingerprint density at radius 3 is 2.79 bits per heavy atom. The van der Waals surface area contributed by atoms with Gasteiger partial charge in [-0.2, -0.15) is 0 Å². The largest absolute Gasteiger partial charge is 0.338 e. The minimum absolute atomic E-state index is 0.00738. The van der Waals surface area contributed by atoms with Crippen LogP contribution in [0.15, 0.2) is 0 Å². The summed E-state index contributed by atoms with van der Waals surface area (Å²) in [6, 6.07) is 0.00738. The number of hydrogen-bond donors (Lipinski definition) is 1. The Kier molecular flexibility index (Phi) is 2.51. The number of urea groups is 1. The molecule has 0 radical (unpaired) electrons. The number of nitrogens with one attached hydrogen (secondary N) is 1. The van der Waals surface area contributed by atoms with E-state index >= 15 is 0 Å². The van der Waals surface area contributed by atoms with Crippen LogP contribution in [0.4, 0.5) is 4.79 Å². The third-order valence-corrected chi connectivity index (χ3v) is 4.82. The molecule has 1 saturated carbocycles. The van der Waals surface area contributed by atoms with Crippen LogP contribution in [0, 0.1) is 0 Å². The number of carbonyl (C=O) groups is 1. The van der Waals surface area contributed by atoms with E-state index in [1.807, 2.05) is 0 Å². The fraction of sp³-hybridized carbons (Fsp3) is 0.889. The van der Waals surface area contributed by atoms with Gasteiger partial charge in [0.15, 0.2) is 0 Å². The van der Waals surface area contributed by atoms with Gasteiger partial charge in [-0.05, 0) is 19.3 Å². The molecule has 1 atom stereocenters. The normalized spacial score (nSPS) is 26.9. The minimum atomic E-state index is -0.803. The lowest BCUT2D eigenvalue weighted by atomic mass is 10.3. The molecular weight excluding hydrogens is 200 g/mol. The summed E-state index contributed by atoms with van der Waals surface area (Å²) in [6.45, 7) is 2.25. The Bertz CT molecular complexity index is 276. The van der Waals surface area contributed by atoms with Gasteiger partial charge >= 0.3 is 6.03 Å². The molecule has 2 amide bonds. The van der Waals surface area contributed by atoms with E-state index in [9.17, 15) is 9.00 Å². The summed E-state index contributed by atoms with van der Waals surface area (Å²) >= 11 is 0. The van der Waals surface area contributed by atoms with Crippen LogP contribution in [-0.4, -0.2) is 45.8 Å². The summed E-state index contributed by atoms with van der Waals surface area (Å²) in [6.07, 6.45) is 4.74. The zero-order valence-corrected chi connectivity index (χ0v) is 9.23. The first kappa shape index (κ1) is 9.96. The van der Waals surface area contributed by atoms with Crippen LogP contribution in [0.1, 0.15) is 19.3 Å². The predicted octanol–water partition coefficient (Wildman–Crippen LogP) is 0.313. The van der Waals surface area contributed by atoms with E-state index in [1.165, 1.54) is 0 Å². The highest BCUT2D eigenvalue weighted by atomic mass is 32.2. The highest BCUT2D eigenvalue weighted by molar-refractivity contribution is 7.86. The molecule has 5 heteroatoms. The molecular formula is C9H16N2O2S. The standard InChI is InChI=1S/C9H16N2O2S/c1-14(13)9(3-4-9)7-11-6-2-5-10-8(11)12/h2-7H2,1H3,(H,10,12). The second kappa shape index (κ2) is 3.53. The third-order valence-electron chi connectivity index (χ3n) is 3.06. The molecule has 0 aromatic heterocycles. The Balaban J connectivity index is 1.96. The van der Waals surface area contributed by atoms with Crippen LogP contribution in [-0.2, 0) is 10.8 Å². The van der Waals surface area contributed by atoms with Crippen LogP contribution in [0.5, 0.6) is 0 Å². The van der Waals surface area contributed by atoms with Crippen LogP contribution in [0.25, 0.3) is 0 Å². The van der Waals surface area contributed by atoms with E-state index in [4.69, 9.17) is 0 Å². The molecule has 0 bridgehead atoms. The molecule has 4 nitrogen and oxygen atoms in total. The van der Waals surface area contributed by atoms with E-state index in [0.717, 1.165) is 32.4 Å². The van der Waals surface area contributed by atoms with E-state index in [-0.39, 0.29) is 10.8 Å². The SMILES string of the molecule is CS(=O)C1(CN2CCCNC2=O)CC1. The summed E-state index contributed by atoms with van der Waals surface area (Å²) in [5.41, 5.74) is 0. The molecule has 14 heavy (non-hydrogen) atoms. The maximum absolute atomic E-state index is 11.5. The highest BCUT2D eigenvalue weighted by Crippen LogP contribution is 2.41. The monoisotopic (exact) mass is 216 g/mol. The van der Waals surface area contributed by atoms with Crippen molar-refractivity contribution in [1.29, 1.82) is 0 Å². The van der Waals surface area contributed by atoms with Gasteiger partial charge in [-0.3, -0.25) is 4.21 Å². The van der Waals surface area contributed by atoms with Gasteiger partial charge in [0.1, 0.15) is 0 Å². The number of rotatable bonds is 3. The Hall–Kier alpha value is -0.580. The molecule has 2 aliphatic rings. The lowest BCUT2D eigenvalue weighted by Gasteiger charge is -2.30. The number of carbonyl (C=O) groups excluding carboxylic acids is 1. The molecule has 80 valence electrons. The van der Waals surface area contributed by atoms with Gasteiger partial charge in [-0.1, -0.05) is 0 Å². The molecule has 1 heterocycles. The average molecular weight is 216 g/mol. The van der Waals surface area contributed by atoms with Crippen molar-refractivity contribution in [3.8, 4) is 0 Å². The van der Waals surface area contributed by atoms with E-state index in [2.05, 4.69) is 5.32 Å². The molecule has 0 aromatic carbocycles. The molecule has 1 aliphatic heterocycles. The second-order valence-electron chi connectivity index (χ2n) is 4.14. The predicted molar refractivity (Wildman–Crippen MR) is 55.6 cm³/mol. The van der Waals surface area contributed by atoms with Crippen molar-refractivity contribution in [1.82, 2.24) is 10.2 Å². The number of nitrogens with zero attached hydrogens (tertiary/aromatic N) is 1. The molecule has 2 fully saturated rings. The second-order valence-corrected chi connectivity index (χ2v) is 5.92. The lowest BCUT2D eigenvalue weighted by Crippen LogP contribution is -2.50. The zero-order valence-electron chi connectivity index (χ0n) is 8.41. The van der Waals surface area contributed by atoms with Crippen molar-refractivity contribution in [3.05, 3.63) is 0 Å². The highest BCUT2D eigenvalue weighted by Gasteiger charge is 2.48. The first-order valence-corrected chi connectivity index (χ1v) is 6.56. The fourth-order valence-corrected chi connectivity index (χ4v) is 2.87. The Labute approximate surface area is 86.5 Å². The summed E-state index contributed by atoms with van der Waals surface area (Å²) in [5, 5.41) is 2.81. The van der Waals surface area contributed by atoms with Gasteiger partial charge in [0.05, 0.1) is 4.75 Å². The third kappa shape index (κ3) is 1.78. The van der Waals surface area contributed by atoms with Crippen molar-refractivity contribution in [2.45, 2.75) is 24.0 Å². The zero-order chi connectivity index (χ0) is 10.2. The Morgan fingerprint density at radius 2 is 2.29 bits per heavy atom. The van der Waals surface area contributed by atoms with Crippen LogP contribution in [0.2, 0.25) is 0 Å². The minimum Gasteiger partial charge on any atom is -0.338 e. The van der Waals surface area contributed by atoms with Crippen molar-refractivity contribution in [3.63, 3.8) is 0 Å². The Morgan fingerprint density at radius 1 is 1.57 bits per heavy atom. The van der Waals surface area contributed by atoms with Gasteiger partial charge in [0.2, 0.25) is 0 Å². The van der Waals surface area contributed by atoms with Gasteiger partial charge in [0.25, 0.3) is 0 Å². The van der Waals surface area contributed by atoms with E-state index < -0.39 is 10.8 Å². The molecule has 1 N–H and O–H groups in total. The quantitative estimate of drug-likeness (QED) is 0.738. The molecule has 1 saturated heterocycles. The van der Waals surface area contributed by atoms with Crippen molar-refractivity contribution < 1.29 is 9.00 Å². The maximum atomic E-state index is 11.5. The average Bonchev–Trinajstić information content (AvgIpc) is 2.90. The fourth-order valence-electron chi connectivity index (χ4n) is 1.85. The van der Waals surface area contributed by atoms with E-state index in [0.29, 0.717) is 6.54 Å². The molecule has 0 spiro atoms. The summed E-state index contributed by atoms with van der Waals surface area (Å²) in [4.78, 5) is 13.2. The van der Waals surface area contributed by atoms with Crippen LogP contribution in [0.3, 0.4) is 0 Å². The van der Waals surface area contributed by atoms with Gasteiger partial charge in [-0.15, -0.1) is 0 Å². The smallest absolute Gasteiger partial charge is 0.317 e. The van der Waals surface area contributed by atoms with Crippen LogP contribution < -0.4 is 5.32 Å². The molecule has 2 rings (SSSR count). The molecule has 0 aromatic rings. The topological polar surface area (TPSA) is 49.4 Å². The maximum Gasteiger partial charge on any atom is 0.317 e. The van der Waals surface area contributed by atoms with Gasteiger partial charge in [-0.25, -0.2) is 4.79 Å². The lowest BCUT2D eigenvalue weighted by molar-refractivity contribution is 0.185. The van der Waals surface area contributed by atoms with Crippen molar-refractivity contribution >= 4 is 16.8 Å². The molecule has 1 unspecified atom stereocenters. The van der Waals surface area contributed by atoms with Gasteiger partial charge < -0.3 is 10.2 Å². The summed E-state index contributed by atoms with van der Waals surface area (Å²) < 4.78 is 11.4. The molecule has 1 aliphatic carbocycles. The summed E-state index contributed by atoms with van der Waals surface area (Å²) in [5.74, 6) is 0. The van der Waals surface area contributed by atoms with Gasteiger partial charge in [0, 0.05) is 36.7 Å². The number of hydrogen-bond acceptors (Lipinski definition) is 2. The van der Waals surface area contributed by atoms with Crippen LogP contribution >= 0.6 is 0 Å². The van der Waals surface area contributed by atoms with Crippen molar-refractivity contribution in [2.24, 2.45) is 0 Å². The van der Waals surface area contributed by atoms with E-state index in [1.54, 1.807) is 11.2 Å². The summed E-state index contributed by atoms with van der Waals surface area (Å²) in [7, 11) is -0.803. The van der Waals surface area contributed by atoms with Crippen molar-refractivity contribution in [2.75, 3.05) is 25.9 Å². The first-order valence-electron chi connectivity index (χ1n) is 5.00.